The van der Waals surface area contributed by atoms with Crippen molar-refractivity contribution in [3.63, 3.8) is 0 Å². The Labute approximate surface area is 112 Å². The Morgan fingerprint density at radius 1 is 0.947 bits per heavy atom. The summed E-state index contributed by atoms with van der Waals surface area (Å²) in [6.45, 7) is 0. The molecule has 2 aromatic rings. The van der Waals surface area contributed by atoms with Crippen molar-refractivity contribution in [1.82, 2.24) is 5.32 Å². The molecule has 0 aliphatic heterocycles. The van der Waals surface area contributed by atoms with Crippen LogP contribution in [-0.2, 0) is 0 Å². The number of nitrogens with one attached hydrogen (secondary N) is 2. The molecule has 0 aliphatic carbocycles. The Balaban J connectivity index is 2.03. The van der Waals surface area contributed by atoms with E-state index in [4.69, 9.17) is 0 Å². The molecule has 0 bridgehead atoms. The average molecular weight is 253 g/mol. The molecule has 0 saturated heterocycles. The molecule has 0 unspecified atom stereocenters. The van der Waals surface area contributed by atoms with Crippen LogP contribution in [0.2, 0.25) is 0 Å². The van der Waals surface area contributed by atoms with Gasteiger partial charge in [0.2, 0.25) is 5.96 Å². The third-order valence-electron chi connectivity index (χ3n) is 2.53. The Bertz CT molecular complexity index is 564. The van der Waals surface area contributed by atoms with E-state index in [9.17, 15) is 4.79 Å². The fraction of sp³-hybridized carbons (Fsp3) is 0.0667. The summed E-state index contributed by atoms with van der Waals surface area (Å²) in [6, 6.07) is 18.6. The van der Waals surface area contributed by atoms with Crippen LogP contribution in [0.25, 0.3) is 0 Å². The van der Waals surface area contributed by atoms with Crippen LogP contribution in [-0.4, -0.2) is 18.9 Å². The molecular formula is C15H15N3O. The lowest BCUT2D eigenvalue weighted by Gasteiger charge is -2.10. The van der Waals surface area contributed by atoms with Gasteiger partial charge in [-0.25, -0.2) is 0 Å². The summed E-state index contributed by atoms with van der Waals surface area (Å²) in [5.41, 5.74) is 1.47. The van der Waals surface area contributed by atoms with E-state index in [1.165, 1.54) is 0 Å². The second-order valence-corrected chi connectivity index (χ2v) is 3.88. The van der Waals surface area contributed by atoms with Gasteiger partial charge in [-0.3, -0.25) is 15.1 Å². The highest BCUT2D eigenvalue weighted by Gasteiger charge is 2.07. The first-order valence-electron chi connectivity index (χ1n) is 5.95. The summed E-state index contributed by atoms with van der Waals surface area (Å²) in [7, 11) is 1.62. The van der Waals surface area contributed by atoms with Gasteiger partial charge in [-0.2, -0.15) is 0 Å². The lowest BCUT2D eigenvalue weighted by atomic mass is 10.2. The van der Waals surface area contributed by atoms with Gasteiger partial charge in [0.05, 0.1) is 0 Å². The molecule has 2 N–H and O–H groups in total. The number of aliphatic imine (C=N–C) groups is 1. The molecule has 0 radical (unpaired) electrons. The van der Waals surface area contributed by atoms with E-state index in [-0.39, 0.29) is 5.91 Å². The molecule has 2 aromatic carbocycles. The first-order chi connectivity index (χ1) is 9.29. The minimum Gasteiger partial charge on any atom is -0.326 e. The molecule has 0 atom stereocenters. The minimum atomic E-state index is -0.190. The highest BCUT2D eigenvalue weighted by Crippen LogP contribution is 2.05. The molecule has 19 heavy (non-hydrogen) atoms. The maximum Gasteiger partial charge on any atom is 0.257 e. The van der Waals surface area contributed by atoms with Gasteiger partial charge in [-0.1, -0.05) is 36.4 Å². The van der Waals surface area contributed by atoms with Crippen molar-refractivity contribution >= 4 is 17.6 Å². The zero-order valence-corrected chi connectivity index (χ0v) is 10.6. The molecule has 1 amide bonds. The quantitative estimate of drug-likeness (QED) is 0.638. The number of anilines is 1. The van der Waals surface area contributed by atoms with E-state index >= 15 is 0 Å². The number of carbonyl (C=O) groups excluding carboxylic acids is 1. The van der Waals surface area contributed by atoms with Gasteiger partial charge < -0.3 is 5.32 Å². The number of nitrogens with zero attached hydrogens (tertiary/aromatic N) is 1. The van der Waals surface area contributed by atoms with Crippen molar-refractivity contribution in [2.45, 2.75) is 0 Å². The number of hydrogen-bond acceptors (Lipinski definition) is 2. The lowest BCUT2D eigenvalue weighted by molar-refractivity contribution is 0.0977. The van der Waals surface area contributed by atoms with E-state index in [1.54, 1.807) is 19.2 Å². The second kappa shape index (κ2) is 6.35. The molecule has 4 heteroatoms. The molecule has 0 spiro atoms. The van der Waals surface area contributed by atoms with Gasteiger partial charge in [0, 0.05) is 18.3 Å². The number of para-hydroxylation sites is 1. The van der Waals surface area contributed by atoms with Crippen LogP contribution in [0, 0.1) is 0 Å². The van der Waals surface area contributed by atoms with Crippen LogP contribution in [0.5, 0.6) is 0 Å². The molecule has 0 aromatic heterocycles. The largest absolute Gasteiger partial charge is 0.326 e. The van der Waals surface area contributed by atoms with Gasteiger partial charge in [-0.15, -0.1) is 0 Å². The maximum atomic E-state index is 12.0. The van der Waals surface area contributed by atoms with Crippen molar-refractivity contribution in [3.05, 3.63) is 66.2 Å². The van der Waals surface area contributed by atoms with Gasteiger partial charge in [-0.05, 0) is 24.3 Å². The molecule has 96 valence electrons. The summed E-state index contributed by atoms with van der Waals surface area (Å²) < 4.78 is 0. The summed E-state index contributed by atoms with van der Waals surface area (Å²) in [5, 5.41) is 5.78. The van der Waals surface area contributed by atoms with Crippen molar-refractivity contribution < 1.29 is 4.79 Å². The SMILES string of the molecule is CN=C(NC(=O)c1ccccc1)Nc1ccccc1. The van der Waals surface area contributed by atoms with Gasteiger partial charge >= 0.3 is 0 Å². The van der Waals surface area contributed by atoms with E-state index < -0.39 is 0 Å². The fourth-order valence-corrected chi connectivity index (χ4v) is 1.57. The Hall–Kier alpha value is -2.62. The lowest BCUT2D eigenvalue weighted by Crippen LogP contribution is -2.35. The smallest absolute Gasteiger partial charge is 0.257 e. The fourth-order valence-electron chi connectivity index (χ4n) is 1.57. The zero-order chi connectivity index (χ0) is 13.5. The normalized spacial score (nSPS) is 10.9. The highest BCUT2D eigenvalue weighted by molar-refractivity contribution is 6.09. The van der Waals surface area contributed by atoms with Crippen LogP contribution in [0.3, 0.4) is 0 Å². The summed E-state index contributed by atoms with van der Waals surface area (Å²) in [6.07, 6.45) is 0. The number of rotatable bonds is 2. The molecule has 0 saturated carbocycles. The Morgan fingerprint density at radius 3 is 2.11 bits per heavy atom. The van der Waals surface area contributed by atoms with Crippen LogP contribution < -0.4 is 10.6 Å². The average Bonchev–Trinajstić information content (AvgIpc) is 2.48. The van der Waals surface area contributed by atoms with E-state index in [0.717, 1.165) is 5.69 Å². The van der Waals surface area contributed by atoms with E-state index in [2.05, 4.69) is 15.6 Å². The number of carbonyl (C=O) groups is 1. The first kappa shape index (κ1) is 12.8. The van der Waals surface area contributed by atoms with Gasteiger partial charge in [0.15, 0.2) is 0 Å². The standard InChI is InChI=1S/C15H15N3O/c1-16-15(17-13-10-6-3-7-11-13)18-14(19)12-8-4-2-5-9-12/h2-11H,1H3,(H2,16,17,18,19). The zero-order valence-electron chi connectivity index (χ0n) is 10.6. The topological polar surface area (TPSA) is 53.5 Å². The summed E-state index contributed by atoms with van der Waals surface area (Å²) in [4.78, 5) is 16.0. The van der Waals surface area contributed by atoms with Crippen molar-refractivity contribution in [1.29, 1.82) is 0 Å². The van der Waals surface area contributed by atoms with Crippen LogP contribution >= 0.6 is 0 Å². The van der Waals surface area contributed by atoms with Crippen LogP contribution in [0.15, 0.2) is 65.7 Å². The van der Waals surface area contributed by atoms with Crippen LogP contribution in [0.1, 0.15) is 10.4 Å². The number of hydrogen-bond donors (Lipinski definition) is 2. The number of benzene rings is 2. The molecule has 4 nitrogen and oxygen atoms in total. The van der Waals surface area contributed by atoms with Crippen molar-refractivity contribution in [3.8, 4) is 0 Å². The summed E-state index contributed by atoms with van der Waals surface area (Å²) >= 11 is 0. The number of amides is 1. The highest BCUT2D eigenvalue weighted by atomic mass is 16.1. The van der Waals surface area contributed by atoms with Crippen molar-refractivity contribution in [2.24, 2.45) is 4.99 Å². The van der Waals surface area contributed by atoms with Gasteiger partial charge in [0.25, 0.3) is 5.91 Å². The molecule has 0 fully saturated rings. The third kappa shape index (κ3) is 3.67. The third-order valence-corrected chi connectivity index (χ3v) is 2.53. The monoisotopic (exact) mass is 253 g/mol. The van der Waals surface area contributed by atoms with Crippen LogP contribution in [0.4, 0.5) is 5.69 Å². The van der Waals surface area contributed by atoms with E-state index in [1.807, 2.05) is 48.5 Å². The van der Waals surface area contributed by atoms with Crippen molar-refractivity contribution in [2.75, 3.05) is 12.4 Å². The first-order valence-corrected chi connectivity index (χ1v) is 5.95. The summed E-state index contributed by atoms with van der Waals surface area (Å²) in [5.74, 6) is 0.227. The molecular weight excluding hydrogens is 238 g/mol. The Morgan fingerprint density at radius 2 is 1.53 bits per heavy atom. The second-order valence-electron chi connectivity index (χ2n) is 3.88. The number of guanidine groups is 1. The molecule has 2 rings (SSSR count). The Kier molecular flexibility index (Phi) is 4.29. The van der Waals surface area contributed by atoms with E-state index in [0.29, 0.717) is 11.5 Å². The van der Waals surface area contributed by atoms with Gasteiger partial charge in [0.1, 0.15) is 0 Å². The molecule has 0 aliphatic rings. The minimum absolute atomic E-state index is 0.190. The predicted octanol–water partition coefficient (Wildman–Crippen LogP) is 2.51. The maximum absolute atomic E-state index is 12.0. The molecule has 0 heterocycles. The predicted molar refractivity (Wildman–Crippen MR) is 77.3 cm³/mol.